The minimum Gasteiger partial charge on any atom is -0.389 e. The van der Waals surface area contributed by atoms with Crippen molar-refractivity contribution in [1.29, 1.82) is 0 Å². The van der Waals surface area contributed by atoms with Crippen molar-refractivity contribution in [2.75, 3.05) is 18.8 Å². The van der Waals surface area contributed by atoms with Gasteiger partial charge >= 0.3 is 0 Å². The Morgan fingerprint density at radius 3 is 2.97 bits per heavy atom. The molecule has 1 saturated heterocycles. The van der Waals surface area contributed by atoms with E-state index in [1.807, 2.05) is 0 Å². The lowest BCUT2D eigenvalue weighted by atomic mass is 9.87. The predicted molar refractivity (Wildman–Crippen MR) is 105 cm³/mol. The van der Waals surface area contributed by atoms with E-state index in [0.717, 1.165) is 25.7 Å². The lowest BCUT2D eigenvalue weighted by Crippen LogP contribution is -2.47. The molecule has 3 fully saturated rings. The number of β-amino-alcohol motifs (C(OH)–C–C–N with tert-alkyl or cyclic N) is 1. The van der Waals surface area contributed by atoms with Gasteiger partial charge in [0.2, 0.25) is 5.91 Å². The summed E-state index contributed by atoms with van der Waals surface area (Å²) in [7, 11) is 0. The summed E-state index contributed by atoms with van der Waals surface area (Å²) in [6.45, 7) is 2.24. The van der Waals surface area contributed by atoms with Crippen molar-refractivity contribution in [2.24, 2.45) is 11.3 Å². The van der Waals surface area contributed by atoms with Crippen LogP contribution in [0.25, 0.3) is 5.65 Å². The summed E-state index contributed by atoms with van der Waals surface area (Å²) in [5, 5.41) is 17.7. The van der Waals surface area contributed by atoms with Gasteiger partial charge in [0.1, 0.15) is 11.4 Å². The number of nitrogens with zero attached hydrogens (tertiary/aromatic N) is 4. The molecule has 154 valence electrons. The number of likely N-dealkylation sites (tertiary alicyclic amines) is 1. The van der Waals surface area contributed by atoms with Crippen molar-refractivity contribution in [3.63, 3.8) is 0 Å². The lowest BCUT2D eigenvalue weighted by Gasteiger charge is -2.24. The third-order valence-electron chi connectivity index (χ3n) is 6.86. The Bertz CT molecular complexity index is 1000. The van der Waals surface area contributed by atoms with Gasteiger partial charge in [-0.25, -0.2) is 4.98 Å². The number of aliphatic hydroxyl groups is 1. The van der Waals surface area contributed by atoms with Crippen molar-refractivity contribution in [2.45, 2.75) is 51.2 Å². The molecule has 2 unspecified atom stereocenters. The van der Waals surface area contributed by atoms with E-state index in [9.17, 15) is 14.7 Å². The van der Waals surface area contributed by atoms with Crippen LogP contribution in [0, 0.1) is 18.3 Å². The molecular weight excluding hydrogens is 372 g/mol. The molecule has 2 amide bonds. The Labute approximate surface area is 168 Å². The van der Waals surface area contributed by atoms with E-state index >= 15 is 0 Å². The van der Waals surface area contributed by atoms with Crippen LogP contribution in [0.1, 0.15) is 48.2 Å². The van der Waals surface area contributed by atoms with Gasteiger partial charge in [0.25, 0.3) is 5.91 Å². The van der Waals surface area contributed by atoms with Crippen molar-refractivity contribution in [1.82, 2.24) is 24.8 Å². The van der Waals surface area contributed by atoms with Crippen LogP contribution in [-0.4, -0.2) is 61.7 Å². The van der Waals surface area contributed by atoms with Gasteiger partial charge in [-0.05, 0) is 32.1 Å². The zero-order valence-electron chi connectivity index (χ0n) is 16.5. The second-order valence-electron chi connectivity index (χ2n) is 8.78. The van der Waals surface area contributed by atoms with Crippen LogP contribution in [0.15, 0.2) is 12.3 Å². The minimum atomic E-state index is -0.790. The first-order valence-electron chi connectivity index (χ1n) is 10.3. The maximum Gasteiger partial charge on any atom is 0.259 e. The van der Waals surface area contributed by atoms with E-state index in [-0.39, 0.29) is 30.3 Å². The second-order valence-corrected chi connectivity index (χ2v) is 8.78. The van der Waals surface area contributed by atoms with Crippen LogP contribution in [0.4, 0.5) is 5.82 Å². The van der Waals surface area contributed by atoms with E-state index in [1.165, 1.54) is 17.1 Å². The van der Waals surface area contributed by atoms with Gasteiger partial charge in [0.05, 0.1) is 23.8 Å². The molecule has 3 heterocycles. The number of hydrogen-bond acceptors (Lipinski definition) is 6. The smallest absolute Gasteiger partial charge is 0.259 e. The van der Waals surface area contributed by atoms with E-state index < -0.39 is 12.1 Å². The normalized spacial score (nSPS) is 31.0. The van der Waals surface area contributed by atoms with Crippen LogP contribution < -0.4 is 11.1 Å². The van der Waals surface area contributed by atoms with E-state index in [4.69, 9.17) is 5.73 Å². The number of aryl methyl sites for hydroxylation is 1. The highest BCUT2D eigenvalue weighted by Gasteiger charge is 2.60. The summed E-state index contributed by atoms with van der Waals surface area (Å²) in [6, 6.07) is 1.24. The van der Waals surface area contributed by atoms with Gasteiger partial charge in [-0.1, -0.05) is 12.8 Å². The highest BCUT2D eigenvalue weighted by Crippen LogP contribution is 2.61. The number of aromatic nitrogens is 3. The monoisotopic (exact) mass is 398 g/mol. The van der Waals surface area contributed by atoms with Gasteiger partial charge in [0, 0.05) is 24.8 Å². The SMILES string of the molecule is Cc1cc(N)n2ncc(C(=O)N3C[C@@H](O)[C@H](NC(=O)C45CCCCC4C5)C3)c2n1. The Morgan fingerprint density at radius 1 is 1.34 bits per heavy atom. The molecule has 29 heavy (non-hydrogen) atoms. The predicted octanol–water partition coefficient (Wildman–Crippen LogP) is 0.502. The molecule has 4 N–H and O–H groups in total. The molecule has 2 saturated carbocycles. The van der Waals surface area contributed by atoms with Gasteiger partial charge in [-0.2, -0.15) is 9.61 Å². The molecule has 2 aromatic rings. The number of anilines is 1. The second kappa shape index (κ2) is 6.41. The third-order valence-corrected chi connectivity index (χ3v) is 6.86. The van der Waals surface area contributed by atoms with Crippen LogP contribution in [0.2, 0.25) is 0 Å². The zero-order chi connectivity index (χ0) is 20.3. The topological polar surface area (TPSA) is 126 Å². The Kier molecular flexibility index (Phi) is 4.06. The molecule has 5 rings (SSSR count). The maximum atomic E-state index is 13.1. The highest BCUT2D eigenvalue weighted by atomic mass is 16.3. The Balaban J connectivity index is 1.31. The Morgan fingerprint density at radius 2 is 2.17 bits per heavy atom. The van der Waals surface area contributed by atoms with Crippen LogP contribution in [-0.2, 0) is 4.79 Å². The molecule has 2 aromatic heterocycles. The van der Waals surface area contributed by atoms with Crippen LogP contribution >= 0.6 is 0 Å². The average molecular weight is 398 g/mol. The maximum absolute atomic E-state index is 13.1. The summed E-state index contributed by atoms with van der Waals surface area (Å²) < 4.78 is 1.43. The van der Waals surface area contributed by atoms with Gasteiger partial charge in [0.15, 0.2) is 5.65 Å². The fraction of sp³-hybridized carbons (Fsp3) is 0.600. The number of nitrogens with one attached hydrogen (secondary N) is 1. The van der Waals surface area contributed by atoms with Gasteiger partial charge in [-0.3, -0.25) is 9.59 Å². The number of amides is 2. The third kappa shape index (κ3) is 2.87. The number of hydrogen-bond donors (Lipinski definition) is 3. The summed E-state index contributed by atoms with van der Waals surface area (Å²) >= 11 is 0. The number of carbonyl (C=O) groups excluding carboxylic acids is 2. The zero-order valence-corrected chi connectivity index (χ0v) is 16.5. The number of rotatable bonds is 3. The van der Waals surface area contributed by atoms with Gasteiger partial charge < -0.3 is 21.1 Å². The number of carbonyl (C=O) groups is 2. The van der Waals surface area contributed by atoms with Gasteiger partial charge in [-0.15, -0.1) is 0 Å². The summed E-state index contributed by atoms with van der Waals surface area (Å²) in [6.07, 6.45) is 5.96. The van der Waals surface area contributed by atoms with E-state index in [0.29, 0.717) is 28.6 Å². The quantitative estimate of drug-likeness (QED) is 0.691. The minimum absolute atomic E-state index is 0.0431. The van der Waals surface area contributed by atoms with E-state index in [1.54, 1.807) is 17.9 Å². The number of nitrogens with two attached hydrogens (primary N) is 1. The summed E-state index contributed by atoms with van der Waals surface area (Å²) in [4.78, 5) is 31.9. The summed E-state index contributed by atoms with van der Waals surface area (Å²) in [5.41, 5.74) is 7.17. The molecule has 0 bridgehead atoms. The van der Waals surface area contributed by atoms with Crippen molar-refractivity contribution in [3.8, 4) is 0 Å². The molecule has 1 aliphatic heterocycles. The van der Waals surface area contributed by atoms with Crippen LogP contribution in [0.5, 0.6) is 0 Å². The summed E-state index contributed by atoms with van der Waals surface area (Å²) in [5.74, 6) is 0.671. The number of nitrogen functional groups attached to an aromatic ring is 1. The molecular formula is C20H26N6O3. The lowest BCUT2D eigenvalue weighted by molar-refractivity contribution is -0.128. The average Bonchev–Trinajstić information content (AvgIpc) is 3.14. The van der Waals surface area contributed by atoms with Crippen molar-refractivity contribution in [3.05, 3.63) is 23.5 Å². The molecule has 0 aromatic carbocycles. The largest absolute Gasteiger partial charge is 0.389 e. The van der Waals surface area contributed by atoms with Crippen LogP contribution in [0.3, 0.4) is 0 Å². The molecule has 0 spiro atoms. The standard InChI is InChI=1S/C20H26N6O3/c1-11-6-16(21)26-17(23-11)13(8-22-26)18(28)25-9-14(15(27)10-25)24-19(29)20-5-3-2-4-12(20)7-20/h6,8,12,14-15,27H,2-5,7,9-10,21H2,1H3,(H,24,29)/t12?,14-,15-,20?/m1/s1. The first-order valence-corrected chi connectivity index (χ1v) is 10.3. The van der Waals surface area contributed by atoms with E-state index in [2.05, 4.69) is 15.4 Å². The molecule has 3 aliphatic rings. The molecule has 4 atom stereocenters. The molecule has 2 aliphatic carbocycles. The van der Waals surface area contributed by atoms with Crippen molar-refractivity contribution < 1.29 is 14.7 Å². The molecule has 9 heteroatoms. The van der Waals surface area contributed by atoms with Crippen molar-refractivity contribution >= 4 is 23.3 Å². The fourth-order valence-corrected chi connectivity index (χ4v) is 5.13. The fourth-order valence-electron chi connectivity index (χ4n) is 5.13. The number of aliphatic hydroxyl groups excluding tert-OH is 1. The molecule has 0 radical (unpaired) electrons. The Hall–Kier alpha value is -2.68. The first-order chi connectivity index (χ1) is 13.9. The molecule has 9 nitrogen and oxygen atoms in total. The first kappa shape index (κ1) is 18.4. The number of fused-ring (bicyclic) bond motifs is 2. The highest BCUT2D eigenvalue weighted by molar-refractivity contribution is 6.00.